The van der Waals surface area contributed by atoms with Gasteiger partial charge in [-0.05, 0) is 30.3 Å². The first kappa shape index (κ1) is 20.9. The van der Waals surface area contributed by atoms with Crippen molar-refractivity contribution in [3.63, 3.8) is 0 Å². The molecule has 0 fully saturated rings. The van der Waals surface area contributed by atoms with E-state index in [-0.39, 0.29) is 17.8 Å². The number of nitro benzene ring substituents is 1. The molecule has 2 amide bonds. The van der Waals surface area contributed by atoms with E-state index in [1.54, 1.807) is 24.3 Å². The molecule has 0 spiro atoms. The van der Waals surface area contributed by atoms with Gasteiger partial charge in [-0.3, -0.25) is 19.7 Å². The van der Waals surface area contributed by atoms with Crippen LogP contribution in [0, 0.1) is 10.1 Å². The van der Waals surface area contributed by atoms with Gasteiger partial charge in [0, 0.05) is 28.2 Å². The maximum atomic E-state index is 12.1. The molecule has 0 atom stereocenters. The Balaban J connectivity index is 1.51. The van der Waals surface area contributed by atoms with E-state index in [0.717, 1.165) is 10.5 Å². The molecular formula is C20H15BrN4O5. The maximum Gasteiger partial charge on any atom is 0.270 e. The molecule has 0 unspecified atom stereocenters. The van der Waals surface area contributed by atoms with E-state index in [9.17, 15) is 19.7 Å². The predicted octanol–water partition coefficient (Wildman–Crippen LogP) is 3.91. The molecule has 2 aromatic carbocycles. The van der Waals surface area contributed by atoms with Crippen LogP contribution in [0.3, 0.4) is 0 Å². The first-order chi connectivity index (χ1) is 14.4. The van der Waals surface area contributed by atoms with Gasteiger partial charge >= 0.3 is 0 Å². The van der Waals surface area contributed by atoms with Gasteiger partial charge in [0.15, 0.2) is 0 Å². The van der Waals surface area contributed by atoms with E-state index in [4.69, 9.17) is 4.74 Å². The SMILES string of the molecule is O=C(CNC(=O)c1cccc([N+](=O)[O-])c1)Nc1ccc(Oc2cccc(Br)c2)nc1. The zero-order chi connectivity index (χ0) is 21.5. The van der Waals surface area contributed by atoms with Gasteiger partial charge in [0.1, 0.15) is 5.75 Å². The van der Waals surface area contributed by atoms with Crippen molar-refractivity contribution in [3.05, 3.63) is 87.0 Å². The van der Waals surface area contributed by atoms with Crippen molar-refractivity contribution in [2.45, 2.75) is 0 Å². The Labute approximate surface area is 179 Å². The van der Waals surface area contributed by atoms with Crippen molar-refractivity contribution in [1.29, 1.82) is 0 Å². The molecule has 3 rings (SSSR count). The standard InChI is InChI=1S/C20H15BrN4O5/c21-14-4-2-6-17(10-14)30-19-8-7-15(11-22-19)24-18(26)12-23-20(27)13-3-1-5-16(9-13)25(28)29/h1-11H,12H2,(H,23,27)(H,24,26). The first-order valence-electron chi connectivity index (χ1n) is 8.63. The fourth-order valence-corrected chi connectivity index (χ4v) is 2.77. The average molecular weight is 471 g/mol. The van der Waals surface area contributed by atoms with Gasteiger partial charge in [-0.1, -0.05) is 28.1 Å². The van der Waals surface area contributed by atoms with Crippen LogP contribution in [0.1, 0.15) is 10.4 Å². The van der Waals surface area contributed by atoms with Crippen LogP contribution in [0.4, 0.5) is 11.4 Å². The summed E-state index contributed by atoms with van der Waals surface area (Å²) in [5.74, 6) is -0.108. The summed E-state index contributed by atoms with van der Waals surface area (Å²) in [6, 6.07) is 15.7. The Morgan fingerprint density at radius 1 is 1.10 bits per heavy atom. The zero-order valence-electron chi connectivity index (χ0n) is 15.4. The lowest BCUT2D eigenvalue weighted by atomic mass is 10.2. The normalized spacial score (nSPS) is 10.2. The molecule has 1 heterocycles. The maximum absolute atomic E-state index is 12.1. The highest BCUT2D eigenvalue weighted by molar-refractivity contribution is 9.10. The van der Waals surface area contributed by atoms with Crippen molar-refractivity contribution in [2.24, 2.45) is 0 Å². The summed E-state index contributed by atoms with van der Waals surface area (Å²) in [5, 5.41) is 15.8. The van der Waals surface area contributed by atoms with Crippen LogP contribution in [0.2, 0.25) is 0 Å². The number of hydrogen-bond donors (Lipinski definition) is 2. The van der Waals surface area contributed by atoms with Crippen molar-refractivity contribution in [1.82, 2.24) is 10.3 Å². The van der Waals surface area contributed by atoms with Crippen LogP contribution in [-0.2, 0) is 4.79 Å². The van der Waals surface area contributed by atoms with Gasteiger partial charge in [-0.25, -0.2) is 4.98 Å². The minimum absolute atomic E-state index is 0.0905. The number of pyridine rings is 1. The smallest absolute Gasteiger partial charge is 0.270 e. The molecule has 0 radical (unpaired) electrons. The summed E-state index contributed by atoms with van der Waals surface area (Å²) in [4.78, 5) is 38.4. The van der Waals surface area contributed by atoms with E-state index in [1.807, 2.05) is 12.1 Å². The van der Waals surface area contributed by atoms with Crippen molar-refractivity contribution in [2.75, 3.05) is 11.9 Å². The number of benzene rings is 2. The number of carbonyl (C=O) groups is 2. The summed E-state index contributed by atoms with van der Waals surface area (Å²) >= 11 is 3.36. The number of aromatic nitrogens is 1. The molecular weight excluding hydrogens is 456 g/mol. The van der Waals surface area contributed by atoms with Gasteiger partial charge < -0.3 is 15.4 Å². The Morgan fingerprint density at radius 3 is 2.60 bits per heavy atom. The van der Waals surface area contributed by atoms with Crippen LogP contribution in [0.25, 0.3) is 0 Å². The molecule has 0 aliphatic heterocycles. The van der Waals surface area contributed by atoms with Crippen LogP contribution < -0.4 is 15.4 Å². The lowest BCUT2D eigenvalue weighted by molar-refractivity contribution is -0.384. The van der Waals surface area contributed by atoms with Crippen LogP contribution >= 0.6 is 15.9 Å². The fraction of sp³-hybridized carbons (Fsp3) is 0.0500. The third-order valence-corrected chi connectivity index (χ3v) is 4.26. The molecule has 0 saturated carbocycles. The monoisotopic (exact) mass is 470 g/mol. The predicted molar refractivity (Wildman–Crippen MR) is 113 cm³/mol. The topological polar surface area (TPSA) is 123 Å². The third-order valence-electron chi connectivity index (χ3n) is 3.77. The third kappa shape index (κ3) is 5.85. The quantitative estimate of drug-likeness (QED) is 0.398. The van der Waals surface area contributed by atoms with E-state index < -0.39 is 16.7 Å². The highest BCUT2D eigenvalue weighted by atomic mass is 79.9. The number of ether oxygens (including phenoxy) is 1. The molecule has 30 heavy (non-hydrogen) atoms. The number of carbonyl (C=O) groups excluding carboxylic acids is 2. The molecule has 3 aromatic rings. The largest absolute Gasteiger partial charge is 0.439 e. The van der Waals surface area contributed by atoms with Gasteiger partial charge in [0.25, 0.3) is 11.6 Å². The Morgan fingerprint density at radius 2 is 1.90 bits per heavy atom. The molecule has 2 N–H and O–H groups in total. The Bertz CT molecular complexity index is 1090. The number of non-ortho nitro benzene ring substituents is 1. The first-order valence-corrected chi connectivity index (χ1v) is 9.42. The second-order valence-corrected chi connectivity index (χ2v) is 6.90. The number of anilines is 1. The Hall–Kier alpha value is -3.79. The average Bonchev–Trinajstić information content (AvgIpc) is 2.73. The van der Waals surface area contributed by atoms with E-state index in [1.165, 1.54) is 24.4 Å². The lowest BCUT2D eigenvalue weighted by Crippen LogP contribution is -2.32. The molecule has 0 saturated heterocycles. The number of amides is 2. The minimum Gasteiger partial charge on any atom is -0.439 e. The fourth-order valence-electron chi connectivity index (χ4n) is 2.39. The highest BCUT2D eigenvalue weighted by Gasteiger charge is 2.12. The molecule has 0 aliphatic carbocycles. The van der Waals surface area contributed by atoms with Crippen molar-refractivity contribution >= 4 is 39.1 Å². The second kappa shape index (κ2) is 9.61. The molecule has 9 nitrogen and oxygen atoms in total. The molecule has 152 valence electrons. The van der Waals surface area contributed by atoms with Crippen LogP contribution in [-0.4, -0.2) is 28.3 Å². The van der Waals surface area contributed by atoms with E-state index >= 15 is 0 Å². The van der Waals surface area contributed by atoms with Gasteiger partial charge in [0.2, 0.25) is 11.8 Å². The minimum atomic E-state index is -0.597. The summed E-state index contributed by atoms with van der Waals surface area (Å²) in [5.41, 5.74) is 0.308. The molecule has 0 aliphatic rings. The number of nitrogens with zero attached hydrogens (tertiary/aromatic N) is 2. The highest BCUT2D eigenvalue weighted by Crippen LogP contribution is 2.23. The molecule has 1 aromatic heterocycles. The van der Waals surface area contributed by atoms with E-state index in [0.29, 0.717) is 17.3 Å². The second-order valence-electron chi connectivity index (χ2n) is 5.98. The number of nitrogens with one attached hydrogen (secondary N) is 2. The number of halogens is 1. The van der Waals surface area contributed by atoms with Gasteiger partial charge in [-0.15, -0.1) is 0 Å². The van der Waals surface area contributed by atoms with E-state index in [2.05, 4.69) is 31.5 Å². The summed E-state index contributed by atoms with van der Waals surface area (Å²) in [7, 11) is 0. The Kier molecular flexibility index (Phi) is 6.71. The number of hydrogen-bond acceptors (Lipinski definition) is 6. The number of rotatable bonds is 7. The zero-order valence-corrected chi connectivity index (χ0v) is 17.0. The molecule has 10 heteroatoms. The van der Waals surface area contributed by atoms with Crippen LogP contribution in [0.15, 0.2) is 71.3 Å². The van der Waals surface area contributed by atoms with Gasteiger partial charge in [-0.2, -0.15) is 0 Å². The summed E-state index contributed by atoms with van der Waals surface area (Å²) in [6.07, 6.45) is 1.42. The van der Waals surface area contributed by atoms with Crippen LogP contribution in [0.5, 0.6) is 11.6 Å². The number of nitro groups is 1. The van der Waals surface area contributed by atoms with Crippen molar-refractivity contribution in [3.8, 4) is 11.6 Å². The van der Waals surface area contributed by atoms with Crippen molar-refractivity contribution < 1.29 is 19.2 Å². The lowest BCUT2D eigenvalue weighted by Gasteiger charge is -2.08. The summed E-state index contributed by atoms with van der Waals surface area (Å²) in [6.45, 7) is -0.308. The molecule has 0 bridgehead atoms. The summed E-state index contributed by atoms with van der Waals surface area (Å²) < 4.78 is 6.49. The van der Waals surface area contributed by atoms with Gasteiger partial charge in [0.05, 0.1) is 23.4 Å².